The Balaban J connectivity index is 4.54. The molecule has 0 radical (unpaired) electrons. The van der Waals surface area contributed by atoms with E-state index >= 15 is 0 Å². The number of esters is 2. The van der Waals surface area contributed by atoms with Crippen molar-refractivity contribution in [1.82, 2.24) is 4.90 Å². The predicted molar refractivity (Wildman–Crippen MR) is 68.8 cm³/mol. The van der Waals surface area contributed by atoms with Crippen LogP contribution < -0.4 is 0 Å². The summed E-state index contributed by atoms with van der Waals surface area (Å²) in [5.41, 5.74) is 0.436. The van der Waals surface area contributed by atoms with Gasteiger partial charge in [0.1, 0.15) is 0 Å². The van der Waals surface area contributed by atoms with Gasteiger partial charge in [0.2, 0.25) is 0 Å². The van der Waals surface area contributed by atoms with E-state index < -0.39 is 11.9 Å². The summed E-state index contributed by atoms with van der Waals surface area (Å²) in [6.07, 6.45) is 1.03. The molecule has 1 atom stereocenters. The van der Waals surface area contributed by atoms with Gasteiger partial charge in [0.15, 0.2) is 6.23 Å². The highest BCUT2D eigenvalue weighted by atomic mass is 16.6. The number of ether oxygens (including phenoxy) is 2. The summed E-state index contributed by atoms with van der Waals surface area (Å²) in [6, 6.07) is 0. The van der Waals surface area contributed by atoms with Crippen LogP contribution in [0.15, 0.2) is 23.8 Å². The predicted octanol–water partition coefficient (Wildman–Crippen LogP) is 1.50. The Labute approximate surface area is 108 Å². The van der Waals surface area contributed by atoms with E-state index in [1.54, 1.807) is 39.8 Å². The minimum atomic E-state index is -0.537. The summed E-state index contributed by atoms with van der Waals surface area (Å²) in [6.45, 7) is 8.83. The van der Waals surface area contributed by atoms with E-state index in [0.29, 0.717) is 5.57 Å². The van der Waals surface area contributed by atoms with Gasteiger partial charge in [-0.15, -0.1) is 0 Å². The summed E-state index contributed by atoms with van der Waals surface area (Å²) < 4.78 is 9.90. The van der Waals surface area contributed by atoms with Gasteiger partial charge < -0.3 is 9.47 Å². The standard InChI is InChI=1S/C13H21NO4/c1-7-17-12(15)9(2)8-10(3)13(16)18-11(4)14(5)6/h8,11H,2,7H2,1,3-6H3/b10-8+. The van der Waals surface area contributed by atoms with E-state index in [1.807, 2.05) is 0 Å². The van der Waals surface area contributed by atoms with Crippen molar-refractivity contribution in [3.8, 4) is 0 Å². The first-order chi connectivity index (χ1) is 8.29. The van der Waals surface area contributed by atoms with Gasteiger partial charge in [0.25, 0.3) is 0 Å². The molecule has 18 heavy (non-hydrogen) atoms. The lowest BCUT2D eigenvalue weighted by molar-refractivity contribution is -0.150. The molecule has 0 aliphatic heterocycles. The SMILES string of the molecule is C=C(/C=C(\C)C(=O)OC(C)N(C)C)C(=O)OCC. The molecule has 1 unspecified atom stereocenters. The zero-order valence-corrected chi connectivity index (χ0v) is 11.6. The number of hydrogen-bond acceptors (Lipinski definition) is 5. The van der Waals surface area contributed by atoms with Crippen LogP contribution in [0.5, 0.6) is 0 Å². The number of carbonyl (C=O) groups is 2. The molecule has 0 aromatic rings. The van der Waals surface area contributed by atoms with Gasteiger partial charge >= 0.3 is 11.9 Å². The second kappa shape index (κ2) is 7.66. The highest BCUT2D eigenvalue weighted by Crippen LogP contribution is 2.07. The lowest BCUT2D eigenvalue weighted by Crippen LogP contribution is -2.30. The molecular weight excluding hydrogens is 234 g/mol. The first-order valence-corrected chi connectivity index (χ1v) is 5.71. The number of hydrogen-bond donors (Lipinski definition) is 0. The fourth-order valence-corrected chi connectivity index (χ4v) is 0.956. The van der Waals surface area contributed by atoms with Gasteiger partial charge in [0.05, 0.1) is 12.2 Å². The van der Waals surface area contributed by atoms with Crippen LogP contribution in [0.4, 0.5) is 0 Å². The number of carbonyl (C=O) groups excluding carboxylic acids is 2. The summed E-state index contributed by atoms with van der Waals surface area (Å²) >= 11 is 0. The molecule has 102 valence electrons. The van der Waals surface area contributed by atoms with Gasteiger partial charge in [-0.3, -0.25) is 4.90 Å². The Morgan fingerprint density at radius 2 is 1.89 bits per heavy atom. The Kier molecular flexibility index (Phi) is 6.97. The van der Waals surface area contributed by atoms with E-state index in [2.05, 4.69) is 6.58 Å². The van der Waals surface area contributed by atoms with E-state index in [-0.39, 0.29) is 18.4 Å². The normalized spacial score (nSPS) is 13.1. The lowest BCUT2D eigenvalue weighted by Gasteiger charge is -2.20. The maximum atomic E-state index is 11.7. The molecule has 0 spiro atoms. The third-order valence-electron chi connectivity index (χ3n) is 2.26. The van der Waals surface area contributed by atoms with Gasteiger partial charge in [-0.25, -0.2) is 9.59 Å². The topological polar surface area (TPSA) is 55.8 Å². The maximum absolute atomic E-state index is 11.7. The molecule has 0 saturated heterocycles. The molecular formula is C13H21NO4. The molecule has 0 heterocycles. The Morgan fingerprint density at radius 1 is 1.33 bits per heavy atom. The highest BCUT2D eigenvalue weighted by molar-refractivity contribution is 5.95. The average molecular weight is 255 g/mol. The molecule has 0 rings (SSSR count). The molecule has 0 aliphatic rings. The zero-order valence-electron chi connectivity index (χ0n) is 11.6. The fraction of sp³-hybridized carbons (Fsp3) is 0.538. The quantitative estimate of drug-likeness (QED) is 0.311. The van der Waals surface area contributed by atoms with Crippen LogP contribution in [0.25, 0.3) is 0 Å². The van der Waals surface area contributed by atoms with E-state index in [1.165, 1.54) is 6.08 Å². The molecule has 0 bridgehead atoms. The van der Waals surface area contributed by atoms with Crippen molar-refractivity contribution in [2.75, 3.05) is 20.7 Å². The van der Waals surface area contributed by atoms with Gasteiger partial charge in [0, 0.05) is 5.57 Å². The first kappa shape index (κ1) is 16.4. The minimum Gasteiger partial charge on any atom is -0.462 e. The Bertz CT molecular complexity index is 358. The molecule has 5 heteroatoms. The minimum absolute atomic E-state index is 0.129. The third kappa shape index (κ3) is 5.63. The van der Waals surface area contributed by atoms with Crippen molar-refractivity contribution in [2.24, 2.45) is 0 Å². The van der Waals surface area contributed by atoms with Crippen LogP contribution in [0.3, 0.4) is 0 Å². The van der Waals surface area contributed by atoms with E-state index in [9.17, 15) is 9.59 Å². The molecule has 0 amide bonds. The highest BCUT2D eigenvalue weighted by Gasteiger charge is 2.14. The van der Waals surface area contributed by atoms with Crippen LogP contribution in [-0.2, 0) is 19.1 Å². The number of nitrogens with zero attached hydrogens (tertiary/aromatic N) is 1. The average Bonchev–Trinajstić information content (AvgIpc) is 2.28. The number of rotatable bonds is 6. The lowest BCUT2D eigenvalue weighted by atomic mass is 10.2. The van der Waals surface area contributed by atoms with Gasteiger partial charge in [-0.2, -0.15) is 0 Å². The van der Waals surface area contributed by atoms with Crippen molar-refractivity contribution in [3.05, 3.63) is 23.8 Å². The summed E-state index contributed by atoms with van der Waals surface area (Å²) in [5, 5.41) is 0. The van der Waals surface area contributed by atoms with Crippen molar-refractivity contribution < 1.29 is 19.1 Å². The summed E-state index contributed by atoms with van der Waals surface area (Å²) in [4.78, 5) is 24.7. The first-order valence-electron chi connectivity index (χ1n) is 5.71. The van der Waals surface area contributed by atoms with Crippen LogP contribution in [-0.4, -0.2) is 43.8 Å². The molecule has 0 aromatic heterocycles. The maximum Gasteiger partial charge on any atom is 0.337 e. The van der Waals surface area contributed by atoms with Crippen molar-refractivity contribution in [2.45, 2.75) is 27.0 Å². The summed E-state index contributed by atoms with van der Waals surface area (Å²) in [7, 11) is 3.60. The smallest absolute Gasteiger partial charge is 0.337 e. The summed E-state index contributed by atoms with van der Waals surface area (Å²) in [5.74, 6) is -1.02. The van der Waals surface area contributed by atoms with Gasteiger partial charge in [-0.1, -0.05) is 6.58 Å². The van der Waals surface area contributed by atoms with Gasteiger partial charge in [-0.05, 0) is 40.9 Å². The molecule has 0 aliphatic carbocycles. The van der Waals surface area contributed by atoms with Crippen LogP contribution >= 0.6 is 0 Å². The van der Waals surface area contributed by atoms with E-state index in [4.69, 9.17) is 9.47 Å². The van der Waals surface area contributed by atoms with Crippen LogP contribution in [0, 0.1) is 0 Å². The molecule has 0 fully saturated rings. The second-order valence-corrected chi connectivity index (χ2v) is 4.04. The Hall–Kier alpha value is -1.62. The molecule has 0 saturated carbocycles. The molecule has 0 aromatic carbocycles. The fourth-order valence-electron chi connectivity index (χ4n) is 0.956. The van der Waals surface area contributed by atoms with E-state index in [0.717, 1.165) is 0 Å². The van der Waals surface area contributed by atoms with Crippen LogP contribution in [0.2, 0.25) is 0 Å². The molecule has 0 N–H and O–H groups in total. The zero-order chi connectivity index (χ0) is 14.3. The van der Waals surface area contributed by atoms with Crippen molar-refractivity contribution in [1.29, 1.82) is 0 Å². The second-order valence-electron chi connectivity index (χ2n) is 4.04. The van der Waals surface area contributed by atoms with Crippen molar-refractivity contribution >= 4 is 11.9 Å². The molecule has 5 nitrogen and oxygen atoms in total. The third-order valence-corrected chi connectivity index (χ3v) is 2.26. The monoisotopic (exact) mass is 255 g/mol. The van der Waals surface area contributed by atoms with Crippen molar-refractivity contribution in [3.63, 3.8) is 0 Å². The van der Waals surface area contributed by atoms with Crippen LogP contribution in [0.1, 0.15) is 20.8 Å². The Morgan fingerprint density at radius 3 is 2.33 bits per heavy atom. The largest absolute Gasteiger partial charge is 0.462 e.